The number of rotatable bonds is 6. The molecule has 0 fully saturated rings. The summed E-state index contributed by atoms with van der Waals surface area (Å²) >= 11 is 0. The van der Waals surface area contributed by atoms with E-state index in [2.05, 4.69) is 11.9 Å². The molecule has 0 spiro atoms. The first-order valence-corrected chi connectivity index (χ1v) is 5.62. The Balaban J connectivity index is 5.25. The quantitative estimate of drug-likeness (QED) is 0.727. The van der Waals surface area contributed by atoms with Crippen LogP contribution in [0.5, 0.6) is 0 Å². The fourth-order valence-corrected chi connectivity index (χ4v) is 1.58. The van der Waals surface area contributed by atoms with Gasteiger partial charge in [0.2, 0.25) is 0 Å². The molecule has 6 heteroatoms. The summed E-state index contributed by atoms with van der Waals surface area (Å²) in [7, 11) is 0. The second-order valence-corrected chi connectivity index (χ2v) is 5.23. The van der Waals surface area contributed by atoms with Gasteiger partial charge in [-0.15, -0.1) is 6.58 Å². The molecule has 0 heterocycles. The average Bonchev–Trinajstić information content (AvgIpc) is 2.14. The van der Waals surface area contributed by atoms with Gasteiger partial charge in [0.05, 0.1) is 0 Å². The van der Waals surface area contributed by atoms with Gasteiger partial charge in [0, 0.05) is 5.41 Å². The van der Waals surface area contributed by atoms with Gasteiger partial charge in [-0.25, -0.2) is 0 Å². The monoisotopic (exact) mass is 267 g/mol. The zero-order chi connectivity index (χ0) is 14.7. The van der Waals surface area contributed by atoms with Crippen molar-refractivity contribution in [2.45, 2.75) is 46.0 Å². The summed E-state index contributed by atoms with van der Waals surface area (Å²) in [6.07, 6.45) is -3.36. The van der Waals surface area contributed by atoms with E-state index in [0.29, 0.717) is 0 Å². The highest BCUT2D eigenvalue weighted by Gasteiger charge is 2.49. The van der Waals surface area contributed by atoms with Gasteiger partial charge in [-0.1, -0.05) is 33.8 Å². The van der Waals surface area contributed by atoms with E-state index in [4.69, 9.17) is 5.11 Å². The SMILES string of the molecule is C=CC(C)(C)[C@H](N[C@H](C(=O)O)C(C)C)C(F)(F)F. The Kier molecular flexibility index (Phi) is 5.40. The Labute approximate surface area is 105 Å². The van der Waals surface area contributed by atoms with Gasteiger partial charge in [-0.05, 0) is 5.92 Å². The van der Waals surface area contributed by atoms with Crippen LogP contribution in [0.4, 0.5) is 13.2 Å². The third-order valence-corrected chi connectivity index (χ3v) is 2.88. The minimum Gasteiger partial charge on any atom is -0.480 e. The Morgan fingerprint density at radius 3 is 2.00 bits per heavy atom. The number of halogens is 3. The summed E-state index contributed by atoms with van der Waals surface area (Å²) in [5.74, 6) is -1.74. The van der Waals surface area contributed by atoms with Gasteiger partial charge in [-0.2, -0.15) is 13.2 Å². The molecule has 0 aliphatic carbocycles. The summed E-state index contributed by atoms with van der Waals surface area (Å²) < 4.78 is 39.0. The number of aliphatic carboxylic acids is 1. The van der Waals surface area contributed by atoms with Crippen LogP contribution in [0.25, 0.3) is 0 Å². The summed E-state index contributed by atoms with van der Waals surface area (Å²) in [5.41, 5.74) is -1.29. The Morgan fingerprint density at radius 2 is 1.78 bits per heavy atom. The van der Waals surface area contributed by atoms with Crippen molar-refractivity contribution in [3.63, 3.8) is 0 Å². The molecule has 18 heavy (non-hydrogen) atoms. The first-order valence-electron chi connectivity index (χ1n) is 5.62. The first-order chi connectivity index (χ1) is 7.93. The minimum absolute atomic E-state index is 0.451. The highest BCUT2D eigenvalue weighted by Crippen LogP contribution is 2.35. The molecule has 2 atom stereocenters. The van der Waals surface area contributed by atoms with Crippen LogP contribution in [0.1, 0.15) is 27.7 Å². The normalized spacial score (nSPS) is 16.4. The van der Waals surface area contributed by atoms with Gasteiger partial charge in [0.15, 0.2) is 0 Å². The van der Waals surface area contributed by atoms with E-state index < -0.39 is 35.6 Å². The van der Waals surface area contributed by atoms with E-state index in [-0.39, 0.29) is 0 Å². The number of alkyl halides is 3. The van der Waals surface area contributed by atoms with Crippen LogP contribution in [-0.2, 0) is 4.79 Å². The van der Waals surface area contributed by atoms with Crippen LogP contribution in [0, 0.1) is 11.3 Å². The van der Waals surface area contributed by atoms with Crippen LogP contribution in [0.2, 0.25) is 0 Å². The molecule has 0 aromatic heterocycles. The second kappa shape index (κ2) is 5.73. The molecule has 106 valence electrons. The van der Waals surface area contributed by atoms with Crippen molar-refractivity contribution < 1.29 is 23.1 Å². The number of carboxylic acids is 1. The van der Waals surface area contributed by atoms with Crippen LogP contribution in [0.15, 0.2) is 12.7 Å². The fraction of sp³-hybridized carbons (Fsp3) is 0.750. The van der Waals surface area contributed by atoms with Gasteiger partial charge in [-0.3, -0.25) is 10.1 Å². The van der Waals surface area contributed by atoms with Gasteiger partial charge in [0.25, 0.3) is 0 Å². The average molecular weight is 267 g/mol. The van der Waals surface area contributed by atoms with Crippen molar-refractivity contribution >= 4 is 5.97 Å². The fourth-order valence-electron chi connectivity index (χ4n) is 1.58. The standard InChI is InChI=1S/C12H20F3NO2/c1-6-11(4,5)10(12(13,14)15)16-8(7(2)3)9(17)18/h6-8,10,16H,1H2,2-5H3,(H,17,18)/t8-,10-/m0/s1. The zero-order valence-corrected chi connectivity index (χ0v) is 11.0. The molecule has 0 aliphatic rings. The van der Waals surface area contributed by atoms with E-state index in [1.165, 1.54) is 19.9 Å². The maximum Gasteiger partial charge on any atom is 0.404 e. The highest BCUT2D eigenvalue weighted by atomic mass is 19.4. The topological polar surface area (TPSA) is 49.3 Å². The molecule has 0 aliphatic heterocycles. The largest absolute Gasteiger partial charge is 0.480 e. The van der Waals surface area contributed by atoms with Gasteiger partial charge >= 0.3 is 12.1 Å². The van der Waals surface area contributed by atoms with Crippen molar-refractivity contribution in [2.75, 3.05) is 0 Å². The number of carbonyl (C=O) groups is 1. The van der Waals surface area contributed by atoms with E-state index >= 15 is 0 Å². The molecule has 0 radical (unpaired) electrons. The van der Waals surface area contributed by atoms with Gasteiger partial charge < -0.3 is 5.11 Å². The van der Waals surface area contributed by atoms with E-state index in [9.17, 15) is 18.0 Å². The summed E-state index contributed by atoms with van der Waals surface area (Å²) in [4.78, 5) is 11.0. The third kappa shape index (κ3) is 4.33. The van der Waals surface area contributed by atoms with Crippen LogP contribution in [-0.4, -0.2) is 29.3 Å². The number of hydrogen-bond donors (Lipinski definition) is 2. The first kappa shape index (κ1) is 17.0. The predicted octanol–water partition coefficient (Wildman–Crippen LogP) is 2.83. The van der Waals surface area contributed by atoms with Gasteiger partial charge in [0.1, 0.15) is 12.1 Å². The summed E-state index contributed by atoms with van der Waals surface area (Å²) in [6, 6.07) is -3.21. The molecule has 0 aromatic rings. The lowest BCUT2D eigenvalue weighted by Crippen LogP contribution is -2.58. The molecule has 0 bridgehead atoms. The summed E-state index contributed by atoms with van der Waals surface area (Å²) in [5, 5.41) is 11.1. The zero-order valence-electron chi connectivity index (χ0n) is 11.0. The minimum atomic E-state index is -4.54. The smallest absolute Gasteiger partial charge is 0.404 e. The van der Waals surface area contributed by atoms with E-state index in [0.717, 1.165) is 0 Å². The van der Waals surface area contributed by atoms with Crippen molar-refractivity contribution in [2.24, 2.45) is 11.3 Å². The maximum atomic E-state index is 13.0. The molecular weight excluding hydrogens is 247 g/mol. The van der Waals surface area contributed by atoms with Crippen LogP contribution >= 0.6 is 0 Å². The van der Waals surface area contributed by atoms with Crippen molar-refractivity contribution in [1.82, 2.24) is 5.32 Å². The molecule has 2 N–H and O–H groups in total. The molecule has 3 nitrogen and oxygen atoms in total. The molecule has 0 amide bonds. The van der Waals surface area contributed by atoms with E-state index in [1.807, 2.05) is 0 Å². The summed E-state index contributed by atoms with van der Waals surface area (Å²) in [6.45, 7) is 9.22. The molecule has 0 saturated carbocycles. The number of carboxylic acid groups (broad SMARTS) is 1. The Morgan fingerprint density at radius 1 is 1.33 bits per heavy atom. The molecule has 0 rings (SSSR count). The van der Waals surface area contributed by atoms with E-state index in [1.54, 1.807) is 13.8 Å². The number of hydrogen-bond acceptors (Lipinski definition) is 2. The highest BCUT2D eigenvalue weighted by molar-refractivity contribution is 5.73. The number of nitrogens with one attached hydrogen (secondary N) is 1. The van der Waals surface area contributed by atoms with Crippen LogP contribution in [0.3, 0.4) is 0 Å². The maximum absolute atomic E-state index is 13.0. The molecule has 0 aromatic carbocycles. The Hall–Kier alpha value is -1.04. The lowest BCUT2D eigenvalue weighted by atomic mass is 9.83. The predicted molar refractivity (Wildman–Crippen MR) is 63.2 cm³/mol. The van der Waals surface area contributed by atoms with Crippen LogP contribution < -0.4 is 5.32 Å². The van der Waals surface area contributed by atoms with Crippen molar-refractivity contribution in [1.29, 1.82) is 0 Å². The lowest BCUT2D eigenvalue weighted by molar-refractivity contribution is -0.178. The molecule has 0 saturated heterocycles. The second-order valence-electron chi connectivity index (χ2n) is 5.23. The Bertz CT molecular complexity index is 311. The van der Waals surface area contributed by atoms with Crippen molar-refractivity contribution in [3.8, 4) is 0 Å². The third-order valence-electron chi connectivity index (χ3n) is 2.88. The molecular formula is C12H20F3NO2. The molecule has 0 unspecified atom stereocenters. The lowest BCUT2D eigenvalue weighted by Gasteiger charge is -2.36. The van der Waals surface area contributed by atoms with Crippen molar-refractivity contribution in [3.05, 3.63) is 12.7 Å².